The van der Waals surface area contributed by atoms with Gasteiger partial charge in [0.15, 0.2) is 0 Å². The lowest BCUT2D eigenvalue weighted by molar-refractivity contribution is 0.901. The SMILES string of the molecule is CCc1nc(N)c(C)c(NCC2(SC)CC2)n1. The minimum absolute atomic E-state index is 0.429. The maximum Gasteiger partial charge on any atom is 0.134 e. The molecule has 1 saturated carbocycles. The summed E-state index contributed by atoms with van der Waals surface area (Å²) >= 11 is 1.94. The van der Waals surface area contributed by atoms with Gasteiger partial charge in [-0.15, -0.1) is 0 Å². The molecule has 17 heavy (non-hydrogen) atoms. The number of hydrogen-bond acceptors (Lipinski definition) is 5. The van der Waals surface area contributed by atoms with Crippen molar-refractivity contribution in [3.8, 4) is 0 Å². The minimum atomic E-state index is 0.429. The first-order chi connectivity index (χ1) is 8.10. The fraction of sp³-hybridized carbons (Fsp3) is 0.667. The molecule has 1 heterocycles. The zero-order valence-corrected chi connectivity index (χ0v) is 11.5. The van der Waals surface area contributed by atoms with Gasteiger partial charge in [-0.05, 0) is 26.0 Å². The molecule has 0 aromatic carbocycles. The van der Waals surface area contributed by atoms with E-state index in [1.54, 1.807) is 0 Å². The van der Waals surface area contributed by atoms with E-state index in [4.69, 9.17) is 5.73 Å². The Morgan fingerprint density at radius 1 is 1.41 bits per heavy atom. The molecule has 4 nitrogen and oxygen atoms in total. The number of nitrogen functional groups attached to an aromatic ring is 1. The van der Waals surface area contributed by atoms with Gasteiger partial charge in [0, 0.05) is 23.3 Å². The van der Waals surface area contributed by atoms with Crippen LogP contribution in [0, 0.1) is 6.92 Å². The Kier molecular flexibility index (Phi) is 3.47. The second kappa shape index (κ2) is 4.72. The van der Waals surface area contributed by atoms with Crippen LogP contribution < -0.4 is 11.1 Å². The van der Waals surface area contributed by atoms with Gasteiger partial charge >= 0.3 is 0 Å². The monoisotopic (exact) mass is 252 g/mol. The number of aryl methyl sites for hydroxylation is 1. The molecule has 0 radical (unpaired) electrons. The lowest BCUT2D eigenvalue weighted by atomic mass is 10.3. The predicted octanol–water partition coefficient (Wildman–Crippen LogP) is 2.24. The van der Waals surface area contributed by atoms with Gasteiger partial charge in [0.25, 0.3) is 0 Å². The third-order valence-corrected chi connectivity index (χ3v) is 4.78. The molecule has 0 aliphatic heterocycles. The van der Waals surface area contributed by atoms with Crippen LogP contribution in [0.4, 0.5) is 11.6 Å². The number of hydrogen-bond donors (Lipinski definition) is 2. The topological polar surface area (TPSA) is 63.8 Å². The summed E-state index contributed by atoms with van der Waals surface area (Å²) in [5.41, 5.74) is 6.85. The Hall–Kier alpha value is -0.970. The summed E-state index contributed by atoms with van der Waals surface area (Å²) in [7, 11) is 0. The van der Waals surface area contributed by atoms with E-state index in [1.807, 2.05) is 25.6 Å². The molecule has 0 atom stereocenters. The highest BCUT2D eigenvalue weighted by molar-refractivity contribution is 8.00. The van der Waals surface area contributed by atoms with Crippen molar-refractivity contribution in [2.45, 2.75) is 37.9 Å². The van der Waals surface area contributed by atoms with Crippen molar-refractivity contribution < 1.29 is 0 Å². The molecule has 1 fully saturated rings. The smallest absolute Gasteiger partial charge is 0.134 e. The maximum atomic E-state index is 5.89. The molecule has 3 N–H and O–H groups in total. The summed E-state index contributed by atoms with van der Waals surface area (Å²) in [5, 5.41) is 3.43. The second-order valence-corrected chi connectivity index (χ2v) is 5.87. The highest BCUT2D eigenvalue weighted by Gasteiger charge is 2.41. The quantitative estimate of drug-likeness (QED) is 0.841. The Morgan fingerprint density at radius 2 is 2.12 bits per heavy atom. The van der Waals surface area contributed by atoms with Gasteiger partial charge < -0.3 is 11.1 Å². The molecule has 0 unspecified atom stereocenters. The average Bonchev–Trinajstić information content (AvgIpc) is 3.11. The van der Waals surface area contributed by atoms with E-state index in [0.717, 1.165) is 30.2 Å². The molecule has 94 valence electrons. The van der Waals surface area contributed by atoms with Gasteiger partial charge in [-0.3, -0.25) is 0 Å². The summed E-state index contributed by atoms with van der Waals surface area (Å²) in [6.45, 7) is 4.97. The van der Waals surface area contributed by atoms with Crippen molar-refractivity contribution >= 4 is 23.4 Å². The van der Waals surface area contributed by atoms with Crippen molar-refractivity contribution in [3.05, 3.63) is 11.4 Å². The molecule has 0 amide bonds. The molecular weight excluding hydrogens is 232 g/mol. The van der Waals surface area contributed by atoms with Gasteiger partial charge in [-0.1, -0.05) is 6.92 Å². The summed E-state index contributed by atoms with van der Waals surface area (Å²) in [6.07, 6.45) is 5.57. The molecule has 0 spiro atoms. The Morgan fingerprint density at radius 3 is 2.65 bits per heavy atom. The van der Waals surface area contributed by atoms with Crippen molar-refractivity contribution in [1.29, 1.82) is 0 Å². The highest BCUT2D eigenvalue weighted by Crippen LogP contribution is 2.47. The summed E-state index contributed by atoms with van der Waals surface area (Å²) < 4.78 is 0.429. The standard InChI is InChI=1S/C12H20N4S/c1-4-9-15-10(13)8(2)11(16-9)14-7-12(17-3)5-6-12/h4-7H2,1-3H3,(H3,13,14,15,16). The average molecular weight is 252 g/mol. The molecule has 1 aliphatic carbocycles. The van der Waals surface area contributed by atoms with E-state index < -0.39 is 0 Å². The van der Waals surface area contributed by atoms with Gasteiger partial charge in [0.1, 0.15) is 17.5 Å². The Bertz CT molecular complexity index is 415. The molecule has 0 saturated heterocycles. The summed E-state index contributed by atoms with van der Waals surface area (Å²) in [4.78, 5) is 8.76. The first-order valence-corrected chi connectivity index (χ1v) is 7.25. The normalized spacial score (nSPS) is 16.9. The van der Waals surface area contributed by atoms with Gasteiger partial charge in [-0.25, -0.2) is 9.97 Å². The van der Waals surface area contributed by atoms with Gasteiger partial charge in [0.05, 0.1) is 0 Å². The third-order valence-electron chi connectivity index (χ3n) is 3.36. The van der Waals surface area contributed by atoms with E-state index in [2.05, 4.69) is 21.5 Å². The maximum absolute atomic E-state index is 5.89. The van der Waals surface area contributed by atoms with Crippen LogP contribution in [-0.2, 0) is 6.42 Å². The summed E-state index contributed by atoms with van der Waals surface area (Å²) in [5.74, 6) is 2.30. The number of nitrogens with one attached hydrogen (secondary N) is 1. The Balaban J connectivity index is 2.11. The van der Waals surface area contributed by atoms with Crippen LogP contribution in [0.25, 0.3) is 0 Å². The van der Waals surface area contributed by atoms with Crippen LogP contribution in [0.2, 0.25) is 0 Å². The number of anilines is 2. The van der Waals surface area contributed by atoms with Crippen LogP contribution in [-0.4, -0.2) is 27.5 Å². The highest BCUT2D eigenvalue weighted by atomic mass is 32.2. The van der Waals surface area contributed by atoms with Crippen molar-refractivity contribution in [2.75, 3.05) is 23.9 Å². The van der Waals surface area contributed by atoms with E-state index in [-0.39, 0.29) is 0 Å². The number of aromatic nitrogens is 2. The van der Waals surface area contributed by atoms with Gasteiger partial charge in [0.2, 0.25) is 0 Å². The van der Waals surface area contributed by atoms with Crippen LogP contribution >= 0.6 is 11.8 Å². The largest absolute Gasteiger partial charge is 0.383 e. The Labute approximate surface area is 107 Å². The zero-order valence-electron chi connectivity index (χ0n) is 10.7. The number of nitrogens with two attached hydrogens (primary N) is 1. The van der Waals surface area contributed by atoms with E-state index >= 15 is 0 Å². The van der Waals surface area contributed by atoms with Gasteiger partial charge in [-0.2, -0.15) is 11.8 Å². The lowest BCUT2D eigenvalue weighted by Gasteiger charge is -2.16. The number of nitrogens with zero attached hydrogens (tertiary/aromatic N) is 2. The molecule has 0 bridgehead atoms. The van der Waals surface area contributed by atoms with Crippen LogP contribution in [0.15, 0.2) is 0 Å². The molecule has 2 rings (SSSR count). The lowest BCUT2D eigenvalue weighted by Crippen LogP contribution is -2.19. The molecule has 5 heteroatoms. The zero-order chi connectivity index (χ0) is 12.5. The molecular formula is C12H20N4S. The first-order valence-electron chi connectivity index (χ1n) is 6.02. The van der Waals surface area contributed by atoms with Crippen molar-refractivity contribution in [1.82, 2.24) is 9.97 Å². The minimum Gasteiger partial charge on any atom is -0.383 e. The first kappa shape index (κ1) is 12.5. The second-order valence-electron chi connectivity index (χ2n) is 4.59. The molecule has 1 aliphatic rings. The number of rotatable bonds is 5. The third kappa shape index (κ3) is 2.65. The van der Waals surface area contributed by atoms with Crippen LogP contribution in [0.3, 0.4) is 0 Å². The van der Waals surface area contributed by atoms with Crippen LogP contribution in [0.5, 0.6) is 0 Å². The molecule has 1 aromatic heterocycles. The predicted molar refractivity (Wildman–Crippen MR) is 74.5 cm³/mol. The van der Waals surface area contributed by atoms with Crippen molar-refractivity contribution in [3.63, 3.8) is 0 Å². The van der Waals surface area contributed by atoms with E-state index in [0.29, 0.717) is 10.6 Å². The molecule has 1 aromatic rings. The summed E-state index contributed by atoms with van der Waals surface area (Å²) in [6, 6.07) is 0. The number of thioether (sulfide) groups is 1. The fourth-order valence-electron chi connectivity index (χ4n) is 1.75. The fourth-order valence-corrected chi connectivity index (χ4v) is 2.48. The van der Waals surface area contributed by atoms with Crippen molar-refractivity contribution in [2.24, 2.45) is 0 Å². The van der Waals surface area contributed by atoms with E-state index in [9.17, 15) is 0 Å². The van der Waals surface area contributed by atoms with E-state index in [1.165, 1.54) is 12.8 Å². The van der Waals surface area contributed by atoms with Crippen LogP contribution in [0.1, 0.15) is 31.2 Å².